The van der Waals surface area contributed by atoms with Crippen LogP contribution in [0.2, 0.25) is 0 Å². The van der Waals surface area contributed by atoms with Crippen molar-refractivity contribution in [3.63, 3.8) is 0 Å². The van der Waals surface area contributed by atoms with Crippen LogP contribution in [0, 0.1) is 0 Å². The Morgan fingerprint density at radius 2 is 1.95 bits per heavy atom. The molecule has 0 spiro atoms. The van der Waals surface area contributed by atoms with Gasteiger partial charge in [0, 0.05) is 30.7 Å². The maximum Gasteiger partial charge on any atom is 0.209 e. The van der Waals surface area contributed by atoms with Gasteiger partial charge < -0.3 is 10.2 Å². The quantitative estimate of drug-likeness (QED) is 0.729. The summed E-state index contributed by atoms with van der Waals surface area (Å²) in [4.78, 5) is 10.8. The lowest BCUT2D eigenvalue weighted by Gasteiger charge is -2.18. The molecule has 3 aromatic rings. The van der Waals surface area contributed by atoms with Gasteiger partial charge >= 0.3 is 0 Å². The Hall–Kier alpha value is -2.40. The van der Waals surface area contributed by atoms with Gasteiger partial charge in [0.25, 0.3) is 0 Å². The van der Waals surface area contributed by atoms with Gasteiger partial charge in [-0.15, -0.1) is 0 Å². The average molecular weight is 282 g/mol. The van der Waals surface area contributed by atoms with E-state index in [-0.39, 0.29) is 0 Å². The summed E-state index contributed by atoms with van der Waals surface area (Å²) >= 11 is 0. The second-order valence-corrected chi connectivity index (χ2v) is 4.99. The molecule has 0 fully saturated rings. The number of hydrogen-bond acceptors (Lipinski definition) is 5. The number of nitrogen functional groups attached to an aromatic ring is 1. The Balaban J connectivity index is 1.76. The lowest BCUT2D eigenvalue weighted by Crippen LogP contribution is -2.22. The fraction of sp³-hybridized carbons (Fsp3) is 0.250. The van der Waals surface area contributed by atoms with Crippen molar-refractivity contribution in [2.24, 2.45) is 0 Å². The van der Waals surface area contributed by atoms with E-state index >= 15 is 0 Å². The van der Waals surface area contributed by atoms with Crippen molar-refractivity contribution in [3.05, 3.63) is 54.2 Å². The highest BCUT2D eigenvalue weighted by atomic mass is 16.3. The summed E-state index contributed by atoms with van der Waals surface area (Å²) in [5.74, 6) is 0.714. The van der Waals surface area contributed by atoms with Crippen LogP contribution in [0.1, 0.15) is 18.4 Å². The summed E-state index contributed by atoms with van der Waals surface area (Å²) in [6, 6.07) is 9.58. The smallest absolute Gasteiger partial charge is 0.209 e. The molecule has 0 unspecified atom stereocenters. The van der Waals surface area contributed by atoms with E-state index in [1.807, 2.05) is 42.7 Å². The van der Waals surface area contributed by atoms with Crippen LogP contribution in [0.5, 0.6) is 0 Å². The van der Waals surface area contributed by atoms with Crippen molar-refractivity contribution in [2.75, 3.05) is 12.3 Å². The fourth-order valence-electron chi connectivity index (χ4n) is 2.27. The van der Waals surface area contributed by atoms with Gasteiger partial charge in [0.05, 0.1) is 6.54 Å². The summed E-state index contributed by atoms with van der Waals surface area (Å²) in [7, 11) is 0. The van der Waals surface area contributed by atoms with Crippen molar-refractivity contribution in [1.29, 1.82) is 0 Å². The molecular formula is C16H18N4O. The van der Waals surface area contributed by atoms with Crippen LogP contribution < -0.4 is 5.73 Å². The Labute approximate surface area is 123 Å². The van der Waals surface area contributed by atoms with Crippen LogP contribution in [0.15, 0.2) is 47.1 Å². The molecule has 0 amide bonds. The maximum atomic E-state index is 5.77. The minimum absolute atomic E-state index is 0.674. The van der Waals surface area contributed by atoms with Crippen LogP contribution in [-0.2, 0) is 13.1 Å². The second kappa shape index (κ2) is 5.93. The summed E-state index contributed by atoms with van der Waals surface area (Å²) in [5, 5.41) is 0. The molecule has 1 aromatic carbocycles. The van der Waals surface area contributed by atoms with E-state index in [2.05, 4.69) is 21.8 Å². The van der Waals surface area contributed by atoms with Gasteiger partial charge in [-0.2, -0.15) is 0 Å². The molecule has 108 valence electrons. The zero-order valence-corrected chi connectivity index (χ0v) is 12.0. The Morgan fingerprint density at radius 1 is 1.14 bits per heavy atom. The van der Waals surface area contributed by atoms with Gasteiger partial charge in [-0.05, 0) is 36.4 Å². The zero-order valence-electron chi connectivity index (χ0n) is 12.0. The van der Waals surface area contributed by atoms with Gasteiger partial charge in [-0.3, -0.25) is 9.88 Å². The summed E-state index contributed by atoms with van der Waals surface area (Å²) in [6.07, 6.45) is 3.62. The van der Waals surface area contributed by atoms with Crippen LogP contribution in [0.3, 0.4) is 0 Å². The molecule has 21 heavy (non-hydrogen) atoms. The van der Waals surface area contributed by atoms with E-state index in [0.717, 1.165) is 24.2 Å². The molecule has 0 atom stereocenters. The third-order valence-electron chi connectivity index (χ3n) is 3.42. The topological polar surface area (TPSA) is 68.2 Å². The third kappa shape index (κ3) is 3.20. The minimum atomic E-state index is 0.674. The van der Waals surface area contributed by atoms with E-state index in [4.69, 9.17) is 10.2 Å². The first-order chi connectivity index (χ1) is 10.2. The van der Waals surface area contributed by atoms with Crippen molar-refractivity contribution < 1.29 is 4.42 Å². The number of hydrogen-bond donors (Lipinski definition) is 1. The molecule has 0 aliphatic carbocycles. The van der Waals surface area contributed by atoms with E-state index in [1.54, 1.807) is 0 Å². The highest BCUT2D eigenvalue weighted by molar-refractivity contribution is 5.76. The monoisotopic (exact) mass is 282 g/mol. The SMILES string of the molecule is CCN(Cc1ccncc1)Cc1nc2ccc(N)cc2o1. The molecule has 0 saturated heterocycles. The first-order valence-corrected chi connectivity index (χ1v) is 7.01. The molecule has 0 aliphatic heterocycles. The molecule has 0 radical (unpaired) electrons. The first kappa shape index (κ1) is 13.6. The number of pyridine rings is 1. The lowest BCUT2D eigenvalue weighted by molar-refractivity contribution is 0.245. The van der Waals surface area contributed by atoms with E-state index in [1.165, 1.54) is 5.56 Å². The normalized spacial score (nSPS) is 11.3. The molecule has 2 N–H and O–H groups in total. The van der Waals surface area contributed by atoms with Crippen molar-refractivity contribution in [1.82, 2.24) is 14.9 Å². The highest BCUT2D eigenvalue weighted by Gasteiger charge is 2.11. The number of benzene rings is 1. The largest absolute Gasteiger partial charge is 0.439 e. The molecule has 5 heteroatoms. The van der Waals surface area contributed by atoms with Crippen molar-refractivity contribution in [2.45, 2.75) is 20.0 Å². The van der Waals surface area contributed by atoms with Crippen LogP contribution in [0.25, 0.3) is 11.1 Å². The minimum Gasteiger partial charge on any atom is -0.439 e. The molecule has 0 bridgehead atoms. The van der Waals surface area contributed by atoms with Gasteiger partial charge in [0.2, 0.25) is 5.89 Å². The fourth-order valence-corrected chi connectivity index (χ4v) is 2.27. The Morgan fingerprint density at radius 3 is 2.71 bits per heavy atom. The van der Waals surface area contributed by atoms with E-state index in [0.29, 0.717) is 18.1 Å². The summed E-state index contributed by atoms with van der Waals surface area (Å²) in [5.41, 5.74) is 9.26. The van der Waals surface area contributed by atoms with Crippen molar-refractivity contribution in [3.8, 4) is 0 Å². The standard InChI is InChI=1S/C16H18N4O/c1-2-20(10-12-5-7-18-8-6-12)11-16-19-14-4-3-13(17)9-15(14)21-16/h3-9H,2,10-11,17H2,1H3. The zero-order chi connectivity index (χ0) is 14.7. The Bertz CT molecular complexity index is 723. The first-order valence-electron chi connectivity index (χ1n) is 7.01. The maximum absolute atomic E-state index is 5.77. The van der Waals surface area contributed by atoms with Gasteiger partial charge in [0.1, 0.15) is 5.52 Å². The molecule has 0 saturated carbocycles. The molecule has 2 aromatic heterocycles. The van der Waals surface area contributed by atoms with E-state index in [9.17, 15) is 0 Å². The van der Waals surface area contributed by atoms with Gasteiger partial charge in [-0.1, -0.05) is 6.92 Å². The number of aromatic nitrogens is 2. The Kier molecular flexibility index (Phi) is 3.83. The summed E-state index contributed by atoms with van der Waals surface area (Å²) in [6.45, 7) is 4.57. The second-order valence-electron chi connectivity index (χ2n) is 4.99. The highest BCUT2D eigenvalue weighted by Crippen LogP contribution is 2.19. The van der Waals surface area contributed by atoms with Gasteiger partial charge in [-0.25, -0.2) is 4.98 Å². The number of rotatable bonds is 5. The van der Waals surface area contributed by atoms with E-state index < -0.39 is 0 Å². The average Bonchev–Trinajstić information content (AvgIpc) is 2.89. The molecule has 5 nitrogen and oxygen atoms in total. The van der Waals surface area contributed by atoms with Crippen molar-refractivity contribution >= 4 is 16.8 Å². The lowest BCUT2D eigenvalue weighted by atomic mass is 10.2. The third-order valence-corrected chi connectivity index (χ3v) is 3.42. The van der Waals surface area contributed by atoms with Gasteiger partial charge in [0.15, 0.2) is 5.58 Å². The molecule has 2 heterocycles. The number of anilines is 1. The van der Waals surface area contributed by atoms with Crippen LogP contribution >= 0.6 is 0 Å². The number of nitrogens with two attached hydrogens (primary N) is 1. The molecule has 3 rings (SSSR count). The predicted molar refractivity (Wildman–Crippen MR) is 82.4 cm³/mol. The molecule has 0 aliphatic rings. The number of nitrogens with zero attached hydrogens (tertiary/aromatic N) is 3. The molecular weight excluding hydrogens is 264 g/mol. The summed E-state index contributed by atoms with van der Waals surface area (Å²) < 4.78 is 5.77. The number of oxazole rings is 1. The number of fused-ring (bicyclic) bond motifs is 1. The predicted octanol–water partition coefficient (Wildman–Crippen LogP) is 2.83. The van der Waals surface area contributed by atoms with Crippen LogP contribution in [0.4, 0.5) is 5.69 Å². The van der Waals surface area contributed by atoms with Crippen LogP contribution in [-0.4, -0.2) is 21.4 Å².